The number of rotatable bonds is 8. The Labute approximate surface area is 172 Å². The lowest BCUT2D eigenvalue weighted by atomic mass is 9.89. The van der Waals surface area contributed by atoms with Crippen molar-refractivity contribution in [1.82, 2.24) is 4.90 Å². The molecular formula is C23H29NO5. The van der Waals surface area contributed by atoms with Crippen molar-refractivity contribution < 1.29 is 23.7 Å². The molecule has 2 aromatic carbocycles. The van der Waals surface area contributed by atoms with Gasteiger partial charge < -0.3 is 18.9 Å². The Kier molecular flexibility index (Phi) is 6.99. The quantitative estimate of drug-likeness (QED) is 0.629. The molecule has 156 valence electrons. The summed E-state index contributed by atoms with van der Waals surface area (Å²) in [6, 6.07) is 11.3. The Hall–Kier alpha value is -2.73. The van der Waals surface area contributed by atoms with E-state index in [2.05, 4.69) is 4.90 Å². The summed E-state index contributed by atoms with van der Waals surface area (Å²) in [6.07, 6.45) is 1.88. The summed E-state index contributed by atoms with van der Waals surface area (Å²) < 4.78 is 21.4. The van der Waals surface area contributed by atoms with Crippen molar-refractivity contribution >= 4 is 5.78 Å². The van der Waals surface area contributed by atoms with Crippen molar-refractivity contribution in [3.8, 4) is 23.0 Å². The van der Waals surface area contributed by atoms with E-state index in [0.717, 1.165) is 49.5 Å². The maximum Gasteiger partial charge on any atom is 0.167 e. The summed E-state index contributed by atoms with van der Waals surface area (Å²) in [5.74, 6) is 2.87. The maximum absolute atomic E-state index is 13.1. The van der Waals surface area contributed by atoms with E-state index in [9.17, 15) is 4.79 Å². The summed E-state index contributed by atoms with van der Waals surface area (Å²) in [4.78, 5) is 15.4. The number of ether oxygens (including phenoxy) is 4. The lowest BCUT2D eigenvalue weighted by Crippen LogP contribution is -2.38. The lowest BCUT2D eigenvalue weighted by molar-refractivity contribution is 0.0811. The molecule has 0 aliphatic carbocycles. The molecule has 6 heteroatoms. The van der Waals surface area contributed by atoms with Crippen LogP contribution in [-0.4, -0.2) is 52.2 Å². The summed E-state index contributed by atoms with van der Waals surface area (Å²) in [5, 5.41) is 0. The average Bonchev–Trinajstić information content (AvgIpc) is 2.77. The van der Waals surface area contributed by atoms with Gasteiger partial charge in [-0.15, -0.1) is 0 Å². The van der Waals surface area contributed by atoms with Crippen LogP contribution in [0.1, 0.15) is 28.8 Å². The van der Waals surface area contributed by atoms with Crippen LogP contribution >= 0.6 is 0 Å². The highest BCUT2D eigenvalue weighted by molar-refractivity contribution is 5.98. The van der Waals surface area contributed by atoms with Gasteiger partial charge in [-0.05, 0) is 55.3 Å². The number of piperidine rings is 1. The second-order valence-corrected chi connectivity index (χ2v) is 7.23. The van der Waals surface area contributed by atoms with Gasteiger partial charge in [0.2, 0.25) is 0 Å². The van der Waals surface area contributed by atoms with E-state index in [0.29, 0.717) is 17.1 Å². The predicted molar refractivity (Wildman–Crippen MR) is 111 cm³/mol. The van der Waals surface area contributed by atoms with Crippen molar-refractivity contribution in [2.45, 2.75) is 19.4 Å². The van der Waals surface area contributed by atoms with Crippen LogP contribution in [-0.2, 0) is 6.54 Å². The zero-order chi connectivity index (χ0) is 20.8. The standard InChI is InChI=1S/C23H29NO5/c1-26-19-10-16(11-20(13-19)27-2)14-24-9-5-6-18(15-24)23(25)17-7-8-21(28-3)22(12-17)29-4/h7-8,10-13,18H,5-6,9,14-15H2,1-4H3/t18-/m1/s1. The fourth-order valence-electron chi connectivity index (χ4n) is 3.85. The SMILES string of the molecule is COc1cc(CN2CCC[C@@H](C(=O)c3ccc(OC)c(OC)c3)C2)cc(OC)c1. The Morgan fingerprint density at radius 2 is 1.62 bits per heavy atom. The van der Waals surface area contributed by atoms with E-state index >= 15 is 0 Å². The molecular weight excluding hydrogens is 370 g/mol. The van der Waals surface area contributed by atoms with Crippen molar-refractivity contribution in [3.05, 3.63) is 47.5 Å². The van der Waals surface area contributed by atoms with Gasteiger partial charge in [-0.2, -0.15) is 0 Å². The first kappa shape index (κ1) is 21.0. The number of ketones is 1. The molecule has 0 N–H and O–H groups in total. The molecule has 1 aliphatic rings. The first-order valence-electron chi connectivity index (χ1n) is 9.78. The van der Waals surface area contributed by atoms with Crippen molar-refractivity contribution in [2.75, 3.05) is 41.5 Å². The Morgan fingerprint density at radius 3 is 2.24 bits per heavy atom. The molecule has 0 radical (unpaired) electrons. The second kappa shape index (κ2) is 9.65. The number of carbonyl (C=O) groups is 1. The van der Waals surface area contributed by atoms with Crippen LogP contribution < -0.4 is 18.9 Å². The topological polar surface area (TPSA) is 57.2 Å². The van der Waals surface area contributed by atoms with Gasteiger partial charge in [0.05, 0.1) is 28.4 Å². The van der Waals surface area contributed by atoms with E-state index in [4.69, 9.17) is 18.9 Å². The van der Waals surface area contributed by atoms with Gasteiger partial charge in [0.1, 0.15) is 11.5 Å². The first-order chi connectivity index (χ1) is 14.1. The molecule has 2 aromatic rings. The first-order valence-corrected chi connectivity index (χ1v) is 9.78. The van der Waals surface area contributed by atoms with Crippen LogP contribution in [0, 0.1) is 5.92 Å². The van der Waals surface area contributed by atoms with Gasteiger partial charge in [0.15, 0.2) is 17.3 Å². The maximum atomic E-state index is 13.1. The number of hydrogen-bond acceptors (Lipinski definition) is 6. The molecule has 0 aromatic heterocycles. The highest BCUT2D eigenvalue weighted by Crippen LogP contribution is 2.31. The predicted octanol–water partition coefficient (Wildman–Crippen LogP) is 3.82. The van der Waals surface area contributed by atoms with Crippen LogP contribution in [0.3, 0.4) is 0 Å². The van der Waals surface area contributed by atoms with Crippen LogP contribution in [0.5, 0.6) is 23.0 Å². The summed E-state index contributed by atoms with van der Waals surface area (Å²) >= 11 is 0. The van der Waals surface area contributed by atoms with Gasteiger partial charge in [-0.3, -0.25) is 9.69 Å². The third-order valence-corrected chi connectivity index (χ3v) is 5.36. The normalized spacial score (nSPS) is 16.9. The molecule has 0 amide bonds. The second-order valence-electron chi connectivity index (χ2n) is 7.23. The van der Waals surface area contributed by atoms with Gasteiger partial charge in [-0.1, -0.05) is 0 Å². The number of carbonyl (C=O) groups excluding carboxylic acids is 1. The molecule has 0 saturated carbocycles. The number of Topliss-reactive ketones (excluding diaryl/α,β-unsaturated/α-hetero) is 1. The summed E-state index contributed by atoms with van der Waals surface area (Å²) in [7, 11) is 6.47. The highest BCUT2D eigenvalue weighted by atomic mass is 16.5. The number of nitrogens with zero attached hydrogens (tertiary/aromatic N) is 1. The van der Waals surface area contributed by atoms with E-state index < -0.39 is 0 Å². The minimum Gasteiger partial charge on any atom is -0.497 e. The fraction of sp³-hybridized carbons (Fsp3) is 0.435. The fourth-order valence-corrected chi connectivity index (χ4v) is 3.85. The third-order valence-electron chi connectivity index (χ3n) is 5.36. The van der Waals surface area contributed by atoms with Crippen molar-refractivity contribution in [2.24, 2.45) is 5.92 Å². The number of hydrogen-bond donors (Lipinski definition) is 0. The van der Waals surface area contributed by atoms with Crippen LogP contribution in [0.25, 0.3) is 0 Å². The Balaban J connectivity index is 1.71. The minimum absolute atomic E-state index is 0.0330. The lowest BCUT2D eigenvalue weighted by Gasteiger charge is -2.32. The van der Waals surface area contributed by atoms with E-state index in [1.807, 2.05) is 24.3 Å². The third kappa shape index (κ3) is 5.01. The largest absolute Gasteiger partial charge is 0.497 e. The molecule has 1 heterocycles. The van der Waals surface area contributed by atoms with E-state index in [-0.39, 0.29) is 11.7 Å². The molecule has 0 unspecified atom stereocenters. The number of methoxy groups -OCH3 is 4. The van der Waals surface area contributed by atoms with Crippen LogP contribution in [0.2, 0.25) is 0 Å². The molecule has 29 heavy (non-hydrogen) atoms. The summed E-state index contributed by atoms with van der Waals surface area (Å²) in [5.41, 5.74) is 1.78. The van der Waals surface area contributed by atoms with Crippen LogP contribution in [0.15, 0.2) is 36.4 Å². The van der Waals surface area contributed by atoms with Crippen molar-refractivity contribution in [3.63, 3.8) is 0 Å². The Morgan fingerprint density at radius 1 is 0.931 bits per heavy atom. The molecule has 3 rings (SSSR count). The number of benzene rings is 2. The molecule has 0 bridgehead atoms. The Bertz CT molecular complexity index is 829. The van der Waals surface area contributed by atoms with Crippen LogP contribution in [0.4, 0.5) is 0 Å². The molecule has 6 nitrogen and oxygen atoms in total. The van der Waals surface area contributed by atoms with Gasteiger partial charge in [0.25, 0.3) is 0 Å². The monoisotopic (exact) mass is 399 g/mol. The molecule has 0 spiro atoms. The molecule has 1 aliphatic heterocycles. The van der Waals surface area contributed by atoms with E-state index in [1.165, 1.54) is 0 Å². The minimum atomic E-state index is -0.0330. The number of likely N-dealkylation sites (tertiary alicyclic amines) is 1. The molecule has 1 saturated heterocycles. The van der Waals surface area contributed by atoms with Crippen molar-refractivity contribution in [1.29, 1.82) is 0 Å². The average molecular weight is 399 g/mol. The zero-order valence-electron chi connectivity index (χ0n) is 17.6. The van der Waals surface area contributed by atoms with E-state index in [1.54, 1.807) is 40.6 Å². The molecule has 1 atom stereocenters. The smallest absolute Gasteiger partial charge is 0.167 e. The summed E-state index contributed by atoms with van der Waals surface area (Å²) in [6.45, 7) is 2.45. The van der Waals surface area contributed by atoms with Gasteiger partial charge in [-0.25, -0.2) is 0 Å². The zero-order valence-corrected chi connectivity index (χ0v) is 17.6. The molecule has 1 fully saturated rings. The van der Waals surface area contributed by atoms with Gasteiger partial charge in [0, 0.05) is 30.6 Å². The van der Waals surface area contributed by atoms with Gasteiger partial charge >= 0.3 is 0 Å². The highest BCUT2D eigenvalue weighted by Gasteiger charge is 2.27.